The molecule has 0 spiro atoms. The zero-order chi connectivity index (χ0) is 24.3. The molecule has 0 aromatic carbocycles. The van der Waals surface area contributed by atoms with Crippen molar-refractivity contribution in [3.05, 3.63) is 0 Å². The summed E-state index contributed by atoms with van der Waals surface area (Å²) in [5.74, 6) is 1.42. The number of hydrogen-bond donors (Lipinski definition) is 0. The van der Waals surface area contributed by atoms with Crippen molar-refractivity contribution >= 4 is 11.9 Å². The molecule has 1 aliphatic carbocycles. The normalized spacial score (nSPS) is 18.6. The highest BCUT2D eigenvalue weighted by Crippen LogP contribution is 2.30. The number of rotatable bonds is 19. The van der Waals surface area contributed by atoms with Gasteiger partial charge in [-0.3, -0.25) is 9.59 Å². The van der Waals surface area contributed by atoms with Crippen LogP contribution in [0.4, 0.5) is 0 Å². The first-order chi connectivity index (χ1) is 15.9. The third-order valence-electron chi connectivity index (χ3n) is 6.98. The van der Waals surface area contributed by atoms with E-state index < -0.39 is 0 Å². The van der Waals surface area contributed by atoms with E-state index in [1.54, 1.807) is 0 Å². The fourth-order valence-corrected chi connectivity index (χ4v) is 4.69. The summed E-state index contributed by atoms with van der Waals surface area (Å²) in [5.41, 5.74) is 0. The summed E-state index contributed by atoms with van der Waals surface area (Å²) >= 11 is 0. The van der Waals surface area contributed by atoms with Crippen molar-refractivity contribution in [2.45, 2.75) is 137 Å². The van der Waals surface area contributed by atoms with Crippen LogP contribution >= 0.6 is 0 Å². The number of carbonyl (C=O) groups is 2. The van der Waals surface area contributed by atoms with Crippen LogP contribution in [-0.4, -0.2) is 25.2 Å². The second kappa shape index (κ2) is 19.3. The Balaban J connectivity index is 1.98. The van der Waals surface area contributed by atoms with Gasteiger partial charge in [0.1, 0.15) is 0 Å². The van der Waals surface area contributed by atoms with Gasteiger partial charge < -0.3 is 9.47 Å². The lowest BCUT2D eigenvalue weighted by atomic mass is 9.82. The molecule has 0 aromatic heterocycles. The molecule has 0 saturated heterocycles. The Morgan fingerprint density at radius 1 is 0.545 bits per heavy atom. The Morgan fingerprint density at radius 3 is 1.18 bits per heavy atom. The van der Waals surface area contributed by atoms with Crippen molar-refractivity contribution < 1.29 is 19.1 Å². The van der Waals surface area contributed by atoms with Gasteiger partial charge in [0.15, 0.2) is 0 Å². The maximum absolute atomic E-state index is 12.3. The molecule has 0 bridgehead atoms. The van der Waals surface area contributed by atoms with E-state index in [-0.39, 0.29) is 23.8 Å². The third kappa shape index (κ3) is 16.2. The molecule has 0 aliphatic heterocycles. The van der Waals surface area contributed by atoms with Gasteiger partial charge in [-0.2, -0.15) is 0 Å². The third-order valence-corrected chi connectivity index (χ3v) is 6.98. The summed E-state index contributed by atoms with van der Waals surface area (Å²) in [6.07, 6.45) is 18.9. The lowest BCUT2D eigenvalue weighted by Gasteiger charge is -2.26. The largest absolute Gasteiger partial charge is 0.465 e. The molecule has 0 aromatic rings. The van der Waals surface area contributed by atoms with Crippen molar-refractivity contribution in [1.82, 2.24) is 0 Å². The minimum absolute atomic E-state index is 0.0316. The molecule has 1 aliphatic rings. The minimum atomic E-state index is -0.0602. The van der Waals surface area contributed by atoms with Crippen LogP contribution in [0.5, 0.6) is 0 Å². The fraction of sp³-hybridized carbons (Fsp3) is 0.931. The van der Waals surface area contributed by atoms with Gasteiger partial charge >= 0.3 is 11.9 Å². The Morgan fingerprint density at radius 2 is 0.848 bits per heavy atom. The van der Waals surface area contributed by atoms with Crippen LogP contribution in [0.1, 0.15) is 137 Å². The highest BCUT2D eigenvalue weighted by atomic mass is 16.5. The van der Waals surface area contributed by atoms with Gasteiger partial charge in [-0.25, -0.2) is 0 Å². The van der Waals surface area contributed by atoms with Gasteiger partial charge in [-0.1, -0.05) is 98.3 Å². The molecular formula is C29H54O4. The van der Waals surface area contributed by atoms with Crippen molar-refractivity contribution in [2.75, 3.05) is 13.2 Å². The maximum Gasteiger partial charge on any atom is 0.308 e. The Kier molecular flexibility index (Phi) is 17.5. The average Bonchev–Trinajstić information content (AvgIpc) is 2.79. The standard InChI is InChI=1S/C29H54O4/c1-24(2)16-12-8-5-6-10-14-22-32-28(30)26-18-20-27(21-19-26)29(31)33-23-15-11-7-9-13-17-25(3)4/h24-27H,5-23H2,1-4H3. The maximum atomic E-state index is 12.3. The highest BCUT2D eigenvalue weighted by Gasteiger charge is 2.31. The van der Waals surface area contributed by atoms with E-state index in [9.17, 15) is 9.59 Å². The Hall–Kier alpha value is -1.06. The van der Waals surface area contributed by atoms with Crippen molar-refractivity contribution in [3.8, 4) is 0 Å². The smallest absolute Gasteiger partial charge is 0.308 e. The van der Waals surface area contributed by atoms with Crippen LogP contribution in [0.2, 0.25) is 0 Å². The lowest BCUT2D eigenvalue weighted by Crippen LogP contribution is -2.28. The Bertz CT molecular complexity index is 492. The van der Waals surface area contributed by atoms with Gasteiger partial charge in [0.2, 0.25) is 0 Å². The molecule has 1 fully saturated rings. The van der Waals surface area contributed by atoms with Gasteiger partial charge in [-0.15, -0.1) is 0 Å². The Labute approximate surface area is 205 Å². The van der Waals surface area contributed by atoms with Crippen LogP contribution in [-0.2, 0) is 19.1 Å². The first kappa shape index (κ1) is 30.0. The van der Waals surface area contributed by atoms with E-state index in [0.717, 1.165) is 63.2 Å². The summed E-state index contributed by atoms with van der Waals surface area (Å²) < 4.78 is 11.0. The highest BCUT2D eigenvalue weighted by molar-refractivity contribution is 5.75. The fourth-order valence-electron chi connectivity index (χ4n) is 4.69. The van der Waals surface area contributed by atoms with Gasteiger partial charge in [0.05, 0.1) is 25.0 Å². The van der Waals surface area contributed by atoms with Crippen molar-refractivity contribution in [3.63, 3.8) is 0 Å². The predicted molar refractivity (Wildman–Crippen MR) is 137 cm³/mol. The summed E-state index contributed by atoms with van der Waals surface area (Å²) in [6.45, 7) is 10.2. The van der Waals surface area contributed by atoms with Crippen molar-refractivity contribution in [2.24, 2.45) is 23.7 Å². The zero-order valence-corrected chi connectivity index (χ0v) is 22.4. The van der Waals surface area contributed by atoms with E-state index in [1.807, 2.05) is 0 Å². The number of esters is 2. The molecule has 1 saturated carbocycles. The number of ether oxygens (including phenoxy) is 2. The zero-order valence-electron chi connectivity index (χ0n) is 22.4. The molecule has 4 heteroatoms. The van der Waals surface area contributed by atoms with Gasteiger partial charge in [-0.05, 0) is 50.4 Å². The second-order valence-electron chi connectivity index (χ2n) is 11.1. The minimum Gasteiger partial charge on any atom is -0.465 e. The van der Waals surface area contributed by atoms with E-state index in [2.05, 4.69) is 27.7 Å². The monoisotopic (exact) mass is 466 g/mol. The molecule has 0 atom stereocenters. The summed E-state index contributed by atoms with van der Waals surface area (Å²) in [5, 5.41) is 0. The number of carbonyl (C=O) groups excluding carboxylic acids is 2. The molecule has 0 heterocycles. The number of unbranched alkanes of at least 4 members (excludes halogenated alkanes) is 9. The average molecular weight is 467 g/mol. The van der Waals surface area contributed by atoms with Crippen LogP contribution in [0.3, 0.4) is 0 Å². The molecular weight excluding hydrogens is 412 g/mol. The lowest BCUT2D eigenvalue weighted by molar-refractivity contribution is -0.155. The molecule has 4 nitrogen and oxygen atoms in total. The molecule has 0 amide bonds. The van der Waals surface area contributed by atoms with E-state index in [0.29, 0.717) is 13.2 Å². The first-order valence-corrected chi connectivity index (χ1v) is 14.2. The second-order valence-corrected chi connectivity index (χ2v) is 11.1. The van der Waals surface area contributed by atoms with E-state index in [4.69, 9.17) is 9.47 Å². The summed E-state index contributed by atoms with van der Waals surface area (Å²) in [7, 11) is 0. The van der Waals surface area contributed by atoms with Gasteiger partial charge in [0, 0.05) is 0 Å². The quantitative estimate of drug-likeness (QED) is 0.142. The predicted octanol–water partition coefficient (Wildman–Crippen LogP) is 8.26. The van der Waals surface area contributed by atoms with Gasteiger partial charge in [0.25, 0.3) is 0 Å². The topological polar surface area (TPSA) is 52.6 Å². The first-order valence-electron chi connectivity index (χ1n) is 14.2. The molecule has 0 N–H and O–H groups in total. The van der Waals surface area contributed by atoms with Crippen molar-refractivity contribution in [1.29, 1.82) is 0 Å². The van der Waals surface area contributed by atoms with E-state index in [1.165, 1.54) is 57.8 Å². The molecule has 0 radical (unpaired) electrons. The molecule has 33 heavy (non-hydrogen) atoms. The van der Waals surface area contributed by atoms with Crippen LogP contribution < -0.4 is 0 Å². The number of hydrogen-bond acceptors (Lipinski definition) is 4. The molecule has 194 valence electrons. The van der Waals surface area contributed by atoms with Crippen LogP contribution in [0.25, 0.3) is 0 Å². The van der Waals surface area contributed by atoms with E-state index >= 15 is 0 Å². The summed E-state index contributed by atoms with van der Waals surface area (Å²) in [4.78, 5) is 24.6. The molecule has 1 rings (SSSR count). The van der Waals surface area contributed by atoms with Crippen LogP contribution in [0, 0.1) is 23.7 Å². The SMILES string of the molecule is CC(C)CCCCCCCCOC(=O)C1CCC(C(=O)OCCCCCCCC(C)C)CC1. The van der Waals surface area contributed by atoms with Crippen LogP contribution in [0.15, 0.2) is 0 Å². The molecule has 0 unspecified atom stereocenters. The summed E-state index contributed by atoms with van der Waals surface area (Å²) in [6, 6.07) is 0.